The number of thiophene rings is 1. The van der Waals surface area contributed by atoms with Gasteiger partial charge in [-0.1, -0.05) is 43.5 Å². The Kier molecular flexibility index (Phi) is 6.92. The summed E-state index contributed by atoms with van der Waals surface area (Å²) in [7, 11) is -3.57. The number of aliphatic hydroxyl groups excluding tert-OH is 1. The van der Waals surface area contributed by atoms with Gasteiger partial charge >= 0.3 is 0 Å². The van der Waals surface area contributed by atoms with Gasteiger partial charge in [0.25, 0.3) is 10.0 Å². The van der Waals surface area contributed by atoms with Crippen LogP contribution >= 0.6 is 11.3 Å². The molecule has 2 aromatic rings. The first-order valence-corrected chi connectivity index (χ1v) is 11.9. The number of para-hydroxylation sites is 1. The van der Waals surface area contributed by atoms with Crippen LogP contribution < -0.4 is 10.0 Å². The van der Waals surface area contributed by atoms with Gasteiger partial charge in [0.15, 0.2) is 0 Å². The van der Waals surface area contributed by atoms with Crippen LogP contribution in [0.3, 0.4) is 0 Å². The first kappa shape index (κ1) is 20.3. The van der Waals surface area contributed by atoms with E-state index in [1.807, 2.05) is 25.1 Å². The molecule has 5 nitrogen and oxygen atoms in total. The SMILES string of the molecule is C[C@H](NCc1ccccc1NS(=O)(=O)c1cccs1)[C@H](O)C1CCCCC1. The lowest BCUT2D eigenvalue weighted by atomic mass is 9.83. The predicted octanol–water partition coefficient (Wildman–Crippen LogP) is 3.97. The van der Waals surface area contributed by atoms with Crippen LogP contribution in [-0.2, 0) is 16.6 Å². The van der Waals surface area contributed by atoms with Gasteiger partial charge in [0.1, 0.15) is 4.21 Å². The van der Waals surface area contributed by atoms with Crippen molar-refractivity contribution in [2.24, 2.45) is 5.92 Å². The summed E-state index contributed by atoms with van der Waals surface area (Å²) < 4.78 is 28.0. The zero-order valence-electron chi connectivity index (χ0n) is 15.6. The number of benzene rings is 1. The summed E-state index contributed by atoms with van der Waals surface area (Å²) in [6.45, 7) is 2.49. The second-order valence-electron chi connectivity index (χ2n) is 7.25. The number of sulfonamides is 1. The van der Waals surface area contributed by atoms with Crippen LogP contribution in [0.15, 0.2) is 46.0 Å². The van der Waals surface area contributed by atoms with Crippen molar-refractivity contribution in [3.8, 4) is 0 Å². The summed E-state index contributed by atoms with van der Waals surface area (Å²) in [5.74, 6) is 0.355. The van der Waals surface area contributed by atoms with E-state index in [0.717, 1.165) is 18.4 Å². The Bertz CT molecular complexity index is 816. The first-order chi connectivity index (χ1) is 13.0. The Balaban J connectivity index is 1.64. The monoisotopic (exact) mass is 408 g/mol. The van der Waals surface area contributed by atoms with E-state index in [4.69, 9.17) is 0 Å². The maximum Gasteiger partial charge on any atom is 0.271 e. The largest absolute Gasteiger partial charge is 0.391 e. The molecule has 0 bridgehead atoms. The van der Waals surface area contributed by atoms with Crippen molar-refractivity contribution in [3.05, 3.63) is 47.3 Å². The molecule has 1 aromatic heterocycles. The Morgan fingerprint density at radius 3 is 2.59 bits per heavy atom. The van der Waals surface area contributed by atoms with E-state index in [1.54, 1.807) is 23.6 Å². The molecule has 27 heavy (non-hydrogen) atoms. The number of hydrogen-bond donors (Lipinski definition) is 3. The van der Waals surface area contributed by atoms with Gasteiger partial charge in [-0.15, -0.1) is 11.3 Å². The number of nitrogens with one attached hydrogen (secondary N) is 2. The fourth-order valence-electron chi connectivity index (χ4n) is 3.66. The third kappa shape index (κ3) is 5.31. The summed E-state index contributed by atoms with van der Waals surface area (Å²) >= 11 is 1.19. The molecule has 1 aromatic carbocycles. The van der Waals surface area contributed by atoms with Gasteiger partial charge in [-0.3, -0.25) is 4.72 Å². The molecule has 0 unspecified atom stereocenters. The van der Waals surface area contributed by atoms with Gasteiger partial charge in [-0.05, 0) is 48.8 Å². The van der Waals surface area contributed by atoms with Crippen LogP contribution in [0, 0.1) is 5.92 Å². The van der Waals surface area contributed by atoms with E-state index in [0.29, 0.717) is 22.4 Å². The zero-order chi connectivity index (χ0) is 19.3. The molecule has 1 fully saturated rings. The fourth-order valence-corrected chi connectivity index (χ4v) is 5.75. The summed E-state index contributed by atoms with van der Waals surface area (Å²) in [6.07, 6.45) is 5.46. The van der Waals surface area contributed by atoms with Crippen molar-refractivity contribution in [1.82, 2.24) is 5.32 Å². The lowest BCUT2D eigenvalue weighted by Gasteiger charge is -2.31. The highest BCUT2D eigenvalue weighted by atomic mass is 32.2. The maximum atomic E-state index is 12.5. The van der Waals surface area contributed by atoms with Crippen molar-refractivity contribution >= 4 is 27.0 Å². The lowest BCUT2D eigenvalue weighted by Crippen LogP contribution is -2.42. The Morgan fingerprint density at radius 2 is 1.89 bits per heavy atom. The zero-order valence-corrected chi connectivity index (χ0v) is 17.2. The number of rotatable bonds is 8. The number of hydrogen-bond acceptors (Lipinski definition) is 5. The molecule has 0 radical (unpaired) electrons. The smallest absolute Gasteiger partial charge is 0.271 e. The number of anilines is 1. The van der Waals surface area contributed by atoms with E-state index >= 15 is 0 Å². The molecule has 7 heteroatoms. The standard InChI is InChI=1S/C20H28N2O3S2/c1-15(20(23)16-8-3-2-4-9-16)21-14-17-10-5-6-11-18(17)22-27(24,25)19-12-7-13-26-19/h5-7,10-13,15-16,20-23H,2-4,8-9,14H2,1H3/t15-,20-/m0/s1. The molecule has 0 spiro atoms. The second-order valence-corrected chi connectivity index (χ2v) is 10.1. The van der Waals surface area contributed by atoms with E-state index in [1.165, 1.54) is 30.6 Å². The minimum Gasteiger partial charge on any atom is -0.391 e. The molecule has 1 aliphatic rings. The summed E-state index contributed by atoms with van der Waals surface area (Å²) in [6, 6.07) is 10.6. The highest BCUT2D eigenvalue weighted by Gasteiger charge is 2.26. The Morgan fingerprint density at radius 1 is 1.15 bits per heavy atom. The molecular formula is C20H28N2O3S2. The van der Waals surface area contributed by atoms with Gasteiger partial charge in [0.05, 0.1) is 11.8 Å². The molecule has 0 amide bonds. The third-order valence-electron chi connectivity index (χ3n) is 5.28. The molecule has 0 saturated heterocycles. The lowest BCUT2D eigenvalue weighted by molar-refractivity contribution is 0.0551. The maximum absolute atomic E-state index is 12.5. The Hall–Kier alpha value is -1.41. The van der Waals surface area contributed by atoms with E-state index in [2.05, 4.69) is 10.0 Å². The molecule has 2 atom stereocenters. The van der Waals surface area contributed by atoms with Crippen molar-refractivity contribution in [2.45, 2.75) is 61.9 Å². The highest BCUT2D eigenvalue weighted by molar-refractivity contribution is 7.94. The molecule has 0 aliphatic heterocycles. The summed E-state index contributed by atoms with van der Waals surface area (Å²) in [5.41, 5.74) is 1.43. The molecular weight excluding hydrogens is 380 g/mol. The quantitative estimate of drug-likeness (QED) is 0.618. The van der Waals surface area contributed by atoms with Gasteiger partial charge in [0.2, 0.25) is 0 Å². The van der Waals surface area contributed by atoms with Crippen LogP contribution in [0.1, 0.15) is 44.6 Å². The third-order valence-corrected chi connectivity index (χ3v) is 8.04. The normalized spacial score (nSPS) is 18.1. The predicted molar refractivity (Wildman–Crippen MR) is 110 cm³/mol. The topological polar surface area (TPSA) is 78.4 Å². The van der Waals surface area contributed by atoms with Crippen molar-refractivity contribution < 1.29 is 13.5 Å². The van der Waals surface area contributed by atoms with Crippen LogP contribution in [0.5, 0.6) is 0 Å². The average molecular weight is 409 g/mol. The highest BCUT2D eigenvalue weighted by Crippen LogP contribution is 2.28. The number of aliphatic hydroxyl groups is 1. The molecule has 1 heterocycles. The Labute approximate surface area is 165 Å². The summed E-state index contributed by atoms with van der Waals surface area (Å²) in [4.78, 5) is 0. The van der Waals surface area contributed by atoms with E-state index < -0.39 is 10.0 Å². The molecule has 1 aliphatic carbocycles. The van der Waals surface area contributed by atoms with Gasteiger partial charge < -0.3 is 10.4 Å². The fraction of sp³-hybridized carbons (Fsp3) is 0.500. The van der Waals surface area contributed by atoms with Crippen molar-refractivity contribution in [1.29, 1.82) is 0 Å². The molecule has 148 valence electrons. The van der Waals surface area contributed by atoms with Gasteiger partial charge in [0, 0.05) is 12.6 Å². The van der Waals surface area contributed by atoms with Crippen molar-refractivity contribution in [2.75, 3.05) is 4.72 Å². The van der Waals surface area contributed by atoms with Crippen LogP contribution in [0.2, 0.25) is 0 Å². The van der Waals surface area contributed by atoms with Gasteiger partial charge in [-0.25, -0.2) is 8.42 Å². The average Bonchev–Trinajstić information content (AvgIpc) is 3.23. The molecule has 3 N–H and O–H groups in total. The van der Waals surface area contributed by atoms with Crippen LogP contribution in [0.25, 0.3) is 0 Å². The molecule has 3 rings (SSSR count). The van der Waals surface area contributed by atoms with Gasteiger partial charge in [-0.2, -0.15) is 0 Å². The van der Waals surface area contributed by atoms with Crippen LogP contribution in [0.4, 0.5) is 5.69 Å². The van der Waals surface area contributed by atoms with Crippen molar-refractivity contribution in [3.63, 3.8) is 0 Å². The van der Waals surface area contributed by atoms with E-state index in [-0.39, 0.29) is 12.1 Å². The minimum absolute atomic E-state index is 0.0462. The minimum atomic E-state index is -3.57. The summed E-state index contributed by atoms with van der Waals surface area (Å²) in [5, 5.41) is 15.7. The van der Waals surface area contributed by atoms with E-state index in [9.17, 15) is 13.5 Å². The first-order valence-electron chi connectivity index (χ1n) is 9.53. The van der Waals surface area contributed by atoms with Crippen LogP contribution in [-0.4, -0.2) is 25.7 Å². The second kappa shape index (κ2) is 9.19. The molecule has 1 saturated carbocycles.